The van der Waals surface area contributed by atoms with E-state index in [-0.39, 0.29) is 0 Å². The predicted molar refractivity (Wildman–Crippen MR) is 54.6 cm³/mol. The van der Waals surface area contributed by atoms with Gasteiger partial charge in [-0.3, -0.25) is 0 Å². The highest BCUT2D eigenvalue weighted by molar-refractivity contribution is 4.95. The molecule has 0 bridgehead atoms. The van der Waals surface area contributed by atoms with Crippen LogP contribution in [0.4, 0.5) is 0 Å². The molecule has 0 aliphatic rings. The van der Waals surface area contributed by atoms with Crippen molar-refractivity contribution in [3.05, 3.63) is 12.3 Å². The first kappa shape index (κ1) is 11.1. The summed E-state index contributed by atoms with van der Waals surface area (Å²) in [6.07, 6.45) is 6.29. The first-order chi connectivity index (χ1) is 5.61. The minimum atomic E-state index is 0.335. The first-order valence-electron chi connectivity index (χ1n) is 4.49. The van der Waals surface area contributed by atoms with Gasteiger partial charge in [-0.1, -0.05) is 27.4 Å². The van der Waals surface area contributed by atoms with Crippen LogP contribution in [-0.4, -0.2) is 6.54 Å². The van der Waals surface area contributed by atoms with Gasteiger partial charge in [-0.15, -0.1) is 12.3 Å². The summed E-state index contributed by atoms with van der Waals surface area (Å²) in [5.74, 6) is 3.58. The highest BCUT2D eigenvalue weighted by atomic mass is 14.9. The topological polar surface area (TPSA) is 12.0 Å². The van der Waals surface area contributed by atoms with Gasteiger partial charge in [-0.2, -0.15) is 0 Å². The lowest BCUT2D eigenvalue weighted by atomic mass is 9.97. The summed E-state index contributed by atoms with van der Waals surface area (Å²) < 4.78 is 0. The Labute approximate surface area is 76.2 Å². The summed E-state index contributed by atoms with van der Waals surface area (Å²) >= 11 is 0. The van der Waals surface area contributed by atoms with Crippen molar-refractivity contribution < 1.29 is 0 Å². The van der Waals surface area contributed by atoms with Crippen molar-refractivity contribution in [3.63, 3.8) is 0 Å². The maximum absolute atomic E-state index is 5.31. The van der Waals surface area contributed by atoms with E-state index >= 15 is 0 Å². The smallest absolute Gasteiger partial charge is 0.0214 e. The van der Waals surface area contributed by atoms with Crippen LogP contribution in [0.25, 0.3) is 0 Å². The van der Waals surface area contributed by atoms with Crippen LogP contribution < -0.4 is 5.32 Å². The third kappa shape index (κ3) is 4.08. The molecule has 1 nitrogen and oxygen atoms in total. The zero-order valence-electron chi connectivity index (χ0n) is 8.35. The van der Waals surface area contributed by atoms with Crippen LogP contribution in [0.3, 0.4) is 0 Å². The summed E-state index contributed by atoms with van der Waals surface area (Å²) in [5, 5.41) is 3.26. The fraction of sp³-hybridized carbons (Fsp3) is 0.636. The molecule has 0 aliphatic carbocycles. The van der Waals surface area contributed by atoms with E-state index in [4.69, 9.17) is 6.42 Å². The Bertz CT molecular complexity index is 176. The number of hydrogen-bond acceptors (Lipinski definition) is 1. The van der Waals surface area contributed by atoms with Gasteiger partial charge in [-0.05, 0) is 12.3 Å². The van der Waals surface area contributed by atoms with E-state index in [1.807, 2.05) is 0 Å². The summed E-state index contributed by atoms with van der Waals surface area (Å²) in [7, 11) is 0. The molecule has 2 atom stereocenters. The van der Waals surface area contributed by atoms with Crippen LogP contribution in [0.15, 0.2) is 12.3 Å². The molecule has 0 aliphatic heterocycles. The molecule has 0 saturated heterocycles. The summed E-state index contributed by atoms with van der Waals surface area (Å²) in [6.45, 7) is 11.1. The second kappa shape index (κ2) is 5.71. The normalized spacial score (nSPS) is 14.5. The van der Waals surface area contributed by atoms with Crippen LogP contribution >= 0.6 is 0 Å². The Hall–Kier alpha value is -0.900. The van der Waals surface area contributed by atoms with Crippen molar-refractivity contribution in [1.82, 2.24) is 5.32 Å². The molecule has 0 aromatic rings. The van der Waals surface area contributed by atoms with Gasteiger partial charge in [0.2, 0.25) is 0 Å². The summed E-state index contributed by atoms with van der Waals surface area (Å²) in [4.78, 5) is 0. The molecule has 2 unspecified atom stereocenters. The Morgan fingerprint density at radius 3 is 2.58 bits per heavy atom. The molecule has 0 fully saturated rings. The summed E-state index contributed by atoms with van der Waals surface area (Å²) in [5.41, 5.74) is 1.09. The van der Waals surface area contributed by atoms with E-state index in [9.17, 15) is 0 Å². The molecule has 0 amide bonds. The lowest BCUT2D eigenvalue weighted by molar-refractivity contribution is 0.452. The molecular weight excluding hydrogens is 146 g/mol. The lowest BCUT2D eigenvalue weighted by Crippen LogP contribution is -2.23. The van der Waals surface area contributed by atoms with Crippen LogP contribution in [0.2, 0.25) is 0 Å². The Kier molecular flexibility index (Phi) is 5.28. The van der Waals surface area contributed by atoms with E-state index in [0.29, 0.717) is 11.8 Å². The maximum atomic E-state index is 5.31. The second-order valence-electron chi connectivity index (χ2n) is 3.27. The van der Waals surface area contributed by atoms with Gasteiger partial charge >= 0.3 is 0 Å². The second-order valence-corrected chi connectivity index (χ2v) is 3.27. The maximum Gasteiger partial charge on any atom is 0.0214 e. The molecule has 0 aromatic carbocycles. The molecule has 1 N–H and O–H groups in total. The zero-order chi connectivity index (χ0) is 9.56. The monoisotopic (exact) mass is 165 g/mol. The fourth-order valence-corrected chi connectivity index (χ4v) is 0.771. The molecule has 0 saturated carbocycles. The van der Waals surface area contributed by atoms with Gasteiger partial charge in [0.1, 0.15) is 0 Å². The van der Waals surface area contributed by atoms with Crippen molar-refractivity contribution in [2.45, 2.75) is 27.2 Å². The number of rotatable bonds is 5. The Balaban J connectivity index is 3.65. The molecule has 0 spiro atoms. The number of allylic oxidation sites excluding steroid dienone is 1. The SMILES string of the molecule is C#CC(C)C(C)CNC(=C)CC. The quantitative estimate of drug-likeness (QED) is 0.617. The van der Waals surface area contributed by atoms with Crippen molar-refractivity contribution in [1.29, 1.82) is 0 Å². The Morgan fingerprint density at radius 1 is 1.58 bits per heavy atom. The average molecular weight is 165 g/mol. The number of terminal acetylenes is 1. The third-order valence-electron chi connectivity index (χ3n) is 2.22. The third-order valence-corrected chi connectivity index (χ3v) is 2.22. The van der Waals surface area contributed by atoms with Crippen molar-refractivity contribution in [2.24, 2.45) is 11.8 Å². The fourth-order valence-electron chi connectivity index (χ4n) is 0.771. The lowest BCUT2D eigenvalue weighted by Gasteiger charge is -2.16. The molecule has 12 heavy (non-hydrogen) atoms. The molecule has 1 heteroatoms. The first-order valence-corrected chi connectivity index (χ1v) is 4.49. The van der Waals surface area contributed by atoms with Gasteiger partial charge in [0, 0.05) is 18.2 Å². The van der Waals surface area contributed by atoms with Crippen molar-refractivity contribution >= 4 is 0 Å². The molecule has 0 rings (SSSR count). The van der Waals surface area contributed by atoms with E-state index in [2.05, 4.69) is 38.6 Å². The minimum Gasteiger partial charge on any atom is -0.389 e. The molecule has 0 aromatic heterocycles. The minimum absolute atomic E-state index is 0.335. The van der Waals surface area contributed by atoms with Crippen molar-refractivity contribution in [2.75, 3.05) is 6.54 Å². The highest BCUT2D eigenvalue weighted by Crippen LogP contribution is 2.08. The van der Waals surface area contributed by atoms with Gasteiger partial charge in [0.05, 0.1) is 0 Å². The number of hydrogen-bond donors (Lipinski definition) is 1. The van der Waals surface area contributed by atoms with E-state index in [1.165, 1.54) is 0 Å². The van der Waals surface area contributed by atoms with Gasteiger partial charge in [0.15, 0.2) is 0 Å². The van der Waals surface area contributed by atoms with E-state index < -0.39 is 0 Å². The average Bonchev–Trinajstić information content (AvgIpc) is 2.11. The van der Waals surface area contributed by atoms with Crippen LogP contribution in [0.5, 0.6) is 0 Å². The van der Waals surface area contributed by atoms with Crippen LogP contribution in [0.1, 0.15) is 27.2 Å². The van der Waals surface area contributed by atoms with Crippen LogP contribution in [0, 0.1) is 24.2 Å². The van der Waals surface area contributed by atoms with Crippen LogP contribution in [-0.2, 0) is 0 Å². The standard InChI is InChI=1S/C11H19N/c1-6-9(3)10(4)8-12-11(5)7-2/h1,9-10,12H,5,7-8H2,2-4H3. The van der Waals surface area contributed by atoms with E-state index in [0.717, 1.165) is 18.7 Å². The van der Waals surface area contributed by atoms with Gasteiger partial charge in [0.25, 0.3) is 0 Å². The molecule has 0 heterocycles. The molecule has 68 valence electrons. The highest BCUT2D eigenvalue weighted by Gasteiger charge is 2.08. The predicted octanol–water partition coefficient (Wildman–Crippen LogP) is 2.41. The zero-order valence-corrected chi connectivity index (χ0v) is 8.35. The van der Waals surface area contributed by atoms with Crippen molar-refractivity contribution in [3.8, 4) is 12.3 Å². The Morgan fingerprint density at radius 2 is 2.17 bits per heavy atom. The number of nitrogens with one attached hydrogen (secondary N) is 1. The molecular formula is C11H19N. The van der Waals surface area contributed by atoms with Gasteiger partial charge in [-0.25, -0.2) is 0 Å². The van der Waals surface area contributed by atoms with E-state index in [1.54, 1.807) is 0 Å². The summed E-state index contributed by atoms with van der Waals surface area (Å²) in [6, 6.07) is 0. The van der Waals surface area contributed by atoms with Gasteiger partial charge < -0.3 is 5.32 Å². The molecule has 0 radical (unpaired) electrons. The largest absolute Gasteiger partial charge is 0.389 e.